The summed E-state index contributed by atoms with van der Waals surface area (Å²) < 4.78 is 5.79. The van der Waals surface area contributed by atoms with Crippen molar-refractivity contribution in [3.05, 3.63) is 12.2 Å². The van der Waals surface area contributed by atoms with Crippen LogP contribution in [0.5, 0.6) is 0 Å². The van der Waals surface area contributed by atoms with E-state index < -0.39 is 12.0 Å². The number of allylic oxidation sites excluding steroid dienone is 2. The Hall–Kier alpha value is -1.89. The summed E-state index contributed by atoms with van der Waals surface area (Å²) >= 11 is 0. The number of carboxylic acids is 1. The van der Waals surface area contributed by atoms with Crippen LogP contribution in [-0.2, 0) is 19.1 Å². The summed E-state index contributed by atoms with van der Waals surface area (Å²) in [7, 11) is 0. The van der Waals surface area contributed by atoms with E-state index in [-0.39, 0.29) is 18.0 Å². The molecule has 0 aliphatic heterocycles. The van der Waals surface area contributed by atoms with E-state index in [9.17, 15) is 19.5 Å². The lowest BCUT2D eigenvalue weighted by Gasteiger charge is -2.18. The van der Waals surface area contributed by atoms with Crippen molar-refractivity contribution in [2.24, 2.45) is 5.73 Å². The molecule has 2 atom stereocenters. The molecule has 0 spiro atoms. The Labute approximate surface area is 226 Å². The third-order valence-electron chi connectivity index (χ3n) is 6.58. The van der Waals surface area contributed by atoms with E-state index in [4.69, 9.17) is 10.5 Å². The largest absolute Gasteiger partial charge is 0.480 e. The maximum atomic E-state index is 12.3. The Kier molecular flexibility index (Phi) is 24.4. The Morgan fingerprint density at radius 1 is 0.757 bits per heavy atom. The van der Waals surface area contributed by atoms with Gasteiger partial charge in [-0.25, -0.2) is 4.79 Å². The SMILES string of the molecule is CCCC/C=C\CCCCCCCC(=O)OC(CCCC)CCCCCC(=O)NC(CCCN)C(=O)O. The number of nitrogens with one attached hydrogen (secondary N) is 1. The molecule has 0 heterocycles. The molecule has 37 heavy (non-hydrogen) atoms. The van der Waals surface area contributed by atoms with Crippen molar-refractivity contribution in [3.63, 3.8) is 0 Å². The normalized spacial score (nSPS) is 12.9. The minimum Gasteiger partial charge on any atom is -0.480 e. The van der Waals surface area contributed by atoms with Gasteiger partial charge in [0.05, 0.1) is 0 Å². The van der Waals surface area contributed by atoms with Gasteiger partial charge in [0.25, 0.3) is 0 Å². The molecule has 0 saturated carbocycles. The number of carboxylic acid groups (broad SMARTS) is 1. The minimum absolute atomic E-state index is 0.0478. The van der Waals surface area contributed by atoms with E-state index in [1.807, 2.05) is 0 Å². The smallest absolute Gasteiger partial charge is 0.326 e. The average Bonchev–Trinajstić information content (AvgIpc) is 2.87. The summed E-state index contributed by atoms with van der Waals surface area (Å²) in [5, 5.41) is 11.8. The van der Waals surface area contributed by atoms with Crippen LogP contribution in [0.2, 0.25) is 0 Å². The Morgan fingerprint density at radius 3 is 2.03 bits per heavy atom. The topological polar surface area (TPSA) is 119 Å². The van der Waals surface area contributed by atoms with E-state index in [0.717, 1.165) is 57.8 Å². The maximum Gasteiger partial charge on any atom is 0.326 e. The van der Waals surface area contributed by atoms with Crippen LogP contribution in [0.1, 0.15) is 142 Å². The Morgan fingerprint density at radius 2 is 1.35 bits per heavy atom. The summed E-state index contributed by atoms with van der Waals surface area (Å²) in [6.07, 6.45) is 22.9. The number of hydrogen-bond donors (Lipinski definition) is 3. The summed E-state index contributed by atoms with van der Waals surface area (Å²) in [6.45, 7) is 4.76. The predicted octanol–water partition coefficient (Wildman–Crippen LogP) is 6.82. The zero-order chi connectivity index (χ0) is 27.6. The molecule has 0 aromatic heterocycles. The van der Waals surface area contributed by atoms with Crippen LogP contribution in [-0.4, -0.2) is 41.6 Å². The fourth-order valence-electron chi connectivity index (χ4n) is 4.24. The molecule has 7 heteroatoms. The lowest BCUT2D eigenvalue weighted by Crippen LogP contribution is -2.40. The lowest BCUT2D eigenvalue weighted by molar-refractivity contribution is -0.150. The molecule has 2 unspecified atom stereocenters. The quantitative estimate of drug-likeness (QED) is 0.0648. The predicted molar refractivity (Wildman–Crippen MR) is 151 cm³/mol. The van der Waals surface area contributed by atoms with Crippen molar-refractivity contribution in [2.75, 3.05) is 6.54 Å². The average molecular weight is 525 g/mol. The van der Waals surface area contributed by atoms with E-state index in [2.05, 4.69) is 31.3 Å². The molecular weight excluding hydrogens is 468 g/mol. The molecular formula is C30H56N2O5. The highest BCUT2D eigenvalue weighted by Crippen LogP contribution is 2.16. The van der Waals surface area contributed by atoms with Gasteiger partial charge >= 0.3 is 11.9 Å². The zero-order valence-electron chi connectivity index (χ0n) is 23.8. The highest BCUT2D eigenvalue weighted by molar-refractivity contribution is 5.83. The van der Waals surface area contributed by atoms with E-state index in [1.54, 1.807) is 0 Å². The lowest BCUT2D eigenvalue weighted by atomic mass is 10.0. The van der Waals surface area contributed by atoms with Gasteiger partial charge in [-0.1, -0.05) is 77.4 Å². The second kappa shape index (κ2) is 25.7. The van der Waals surface area contributed by atoms with Crippen LogP contribution >= 0.6 is 0 Å². The third kappa shape index (κ3) is 23.0. The molecule has 0 aromatic rings. The molecule has 0 bridgehead atoms. The summed E-state index contributed by atoms with van der Waals surface area (Å²) in [5.74, 6) is -1.34. The Balaban J connectivity index is 4.02. The first-order valence-corrected chi connectivity index (χ1v) is 15.0. The third-order valence-corrected chi connectivity index (χ3v) is 6.58. The zero-order valence-corrected chi connectivity index (χ0v) is 23.8. The van der Waals surface area contributed by atoms with Crippen LogP contribution in [0.3, 0.4) is 0 Å². The molecule has 7 nitrogen and oxygen atoms in total. The minimum atomic E-state index is -1.02. The highest BCUT2D eigenvalue weighted by atomic mass is 16.5. The second-order valence-electron chi connectivity index (χ2n) is 10.2. The molecule has 4 N–H and O–H groups in total. The van der Waals surface area contributed by atoms with Gasteiger partial charge in [0, 0.05) is 12.8 Å². The number of nitrogens with two attached hydrogens (primary N) is 1. The fourth-order valence-corrected chi connectivity index (χ4v) is 4.24. The number of unbranched alkanes of at least 4 members (excludes halogenated alkanes) is 10. The van der Waals surface area contributed by atoms with Crippen molar-refractivity contribution < 1.29 is 24.2 Å². The number of rotatable bonds is 26. The number of ether oxygens (including phenoxy) is 1. The first kappa shape index (κ1) is 35.1. The summed E-state index contributed by atoms with van der Waals surface area (Å²) in [4.78, 5) is 35.7. The van der Waals surface area contributed by atoms with Gasteiger partial charge in [-0.3, -0.25) is 9.59 Å². The van der Waals surface area contributed by atoms with Gasteiger partial charge in [-0.2, -0.15) is 0 Å². The molecule has 0 rings (SSSR count). The van der Waals surface area contributed by atoms with Gasteiger partial charge in [0.2, 0.25) is 5.91 Å². The molecule has 0 aliphatic carbocycles. The second-order valence-corrected chi connectivity index (χ2v) is 10.2. The number of hydrogen-bond acceptors (Lipinski definition) is 5. The van der Waals surface area contributed by atoms with Crippen molar-refractivity contribution in [3.8, 4) is 0 Å². The summed E-state index contributed by atoms with van der Waals surface area (Å²) in [5.41, 5.74) is 5.43. The molecule has 0 aliphatic rings. The number of amides is 1. The molecule has 0 saturated heterocycles. The number of carbonyl (C=O) groups excluding carboxylic acids is 2. The number of esters is 1. The molecule has 0 radical (unpaired) electrons. The van der Waals surface area contributed by atoms with Crippen LogP contribution < -0.4 is 11.1 Å². The van der Waals surface area contributed by atoms with Crippen LogP contribution in [0.25, 0.3) is 0 Å². The van der Waals surface area contributed by atoms with Gasteiger partial charge in [-0.05, 0) is 70.8 Å². The fraction of sp³-hybridized carbons (Fsp3) is 0.833. The standard InChI is InChI=1S/C30H56N2O5/c1-3-5-7-8-9-10-11-12-13-14-18-24-29(34)37-26(20-6-4-2)21-16-15-17-23-28(33)32-27(30(35)36)22-19-25-31/h8-9,26-27H,3-7,10-25,31H2,1-2H3,(H,32,33)(H,35,36)/b9-8-. The van der Waals surface area contributed by atoms with Crippen molar-refractivity contribution in [1.82, 2.24) is 5.32 Å². The summed E-state index contributed by atoms with van der Waals surface area (Å²) in [6, 6.07) is -0.869. The van der Waals surface area contributed by atoms with Crippen molar-refractivity contribution in [2.45, 2.75) is 154 Å². The molecule has 216 valence electrons. The highest BCUT2D eigenvalue weighted by Gasteiger charge is 2.19. The number of aliphatic carboxylic acids is 1. The van der Waals surface area contributed by atoms with Crippen molar-refractivity contribution in [1.29, 1.82) is 0 Å². The van der Waals surface area contributed by atoms with Crippen LogP contribution in [0, 0.1) is 0 Å². The maximum absolute atomic E-state index is 12.3. The van der Waals surface area contributed by atoms with Gasteiger partial charge < -0.3 is 20.9 Å². The monoisotopic (exact) mass is 524 g/mol. The molecule has 0 aromatic carbocycles. The van der Waals surface area contributed by atoms with Gasteiger partial charge in [-0.15, -0.1) is 0 Å². The van der Waals surface area contributed by atoms with Gasteiger partial charge in [0.15, 0.2) is 0 Å². The Bertz CT molecular complexity index is 609. The van der Waals surface area contributed by atoms with Crippen LogP contribution in [0.15, 0.2) is 12.2 Å². The van der Waals surface area contributed by atoms with Crippen LogP contribution in [0.4, 0.5) is 0 Å². The molecule has 0 fully saturated rings. The van der Waals surface area contributed by atoms with Crippen molar-refractivity contribution >= 4 is 17.8 Å². The van der Waals surface area contributed by atoms with E-state index in [1.165, 1.54) is 38.5 Å². The van der Waals surface area contributed by atoms with E-state index >= 15 is 0 Å². The first-order chi connectivity index (χ1) is 17.9. The number of carbonyl (C=O) groups is 3. The molecule has 1 amide bonds. The first-order valence-electron chi connectivity index (χ1n) is 15.0. The van der Waals surface area contributed by atoms with Gasteiger partial charge in [0.1, 0.15) is 12.1 Å². The van der Waals surface area contributed by atoms with E-state index in [0.29, 0.717) is 38.6 Å².